The van der Waals surface area contributed by atoms with Crippen LogP contribution in [0.3, 0.4) is 0 Å². The number of ether oxygens (including phenoxy) is 1. The minimum Gasteiger partial charge on any atom is -0.374 e. The molecule has 0 radical (unpaired) electrons. The van der Waals surface area contributed by atoms with Gasteiger partial charge in [0.2, 0.25) is 0 Å². The molecule has 1 rings (SSSR count). The van der Waals surface area contributed by atoms with E-state index in [-0.39, 0.29) is 24.8 Å². The molecule has 0 aliphatic carbocycles. The lowest BCUT2D eigenvalue weighted by Gasteiger charge is -2.07. The van der Waals surface area contributed by atoms with Gasteiger partial charge in [-0.25, -0.2) is 13.8 Å². The minimum atomic E-state index is -2.49. The van der Waals surface area contributed by atoms with Crippen LogP contribution in [0.2, 0.25) is 0 Å². The summed E-state index contributed by atoms with van der Waals surface area (Å²) in [5, 5.41) is 5.54. The fraction of sp³-hybridized carbons (Fsp3) is 0.500. The Bertz CT molecular complexity index is 402. The molecule has 5 nitrogen and oxygen atoms in total. The first-order valence-corrected chi connectivity index (χ1v) is 5.98. The van der Waals surface area contributed by atoms with E-state index >= 15 is 0 Å². The zero-order valence-corrected chi connectivity index (χ0v) is 10.7. The second-order valence-corrected chi connectivity index (χ2v) is 3.66. The van der Waals surface area contributed by atoms with Crippen molar-refractivity contribution in [1.82, 2.24) is 10.3 Å². The minimum absolute atomic E-state index is 0.0446. The number of anilines is 1. The van der Waals surface area contributed by atoms with Crippen LogP contribution >= 0.6 is 0 Å². The third-order valence-corrected chi connectivity index (χ3v) is 2.12. The van der Waals surface area contributed by atoms with Gasteiger partial charge in [-0.15, -0.1) is 0 Å². The topological polar surface area (TPSA) is 63.2 Å². The first kappa shape index (κ1) is 15.3. The molecule has 2 N–H and O–H groups in total. The first-order valence-electron chi connectivity index (χ1n) is 5.98. The summed E-state index contributed by atoms with van der Waals surface area (Å²) < 4.78 is 28.2. The Hall–Kier alpha value is -1.76. The SMILES string of the molecule is CCNc1cccc(C(=O)NCCOCC(F)F)n1. The average molecular weight is 273 g/mol. The zero-order chi connectivity index (χ0) is 14.1. The quantitative estimate of drug-likeness (QED) is 0.705. The molecule has 0 fully saturated rings. The van der Waals surface area contributed by atoms with Gasteiger partial charge < -0.3 is 15.4 Å². The summed E-state index contributed by atoms with van der Waals surface area (Å²) >= 11 is 0. The van der Waals surface area contributed by atoms with Gasteiger partial charge in [0.25, 0.3) is 12.3 Å². The number of carbonyl (C=O) groups excluding carboxylic acids is 1. The van der Waals surface area contributed by atoms with E-state index in [4.69, 9.17) is 0 Å². The van der Waals surface area contributed by atoms with Gasteiger partial charge in [0.1, 0.15) is 18.1 Å². The second kappa shape index (κ2) is 8.36. The number of rotatable bonds is 8. The highest BCUT2D eigenvalue weighted by Crippen LogP contribution is 2.04. The van der Waals surface area contributed by atoms with Crippen molar-refractivity contribution in [3.63, 3.8) is 0 Å². The van der Waals surface area contributed by atoms with Crippen molar-refractivity contribution in [2.24, 2.45) is 0 Å². The lowest BCUT2D eigenvalue weighted by molar-refractivity contribution is 0.0188. The number of alkyl halides is 2. The molecule has 0 spiro atoms. The number of halogens is 2. The molecule has 1 amide bonds. The van der Waals surface area contributed by atoms with Crippen LogP contribution in [0.1, 0.15) is 17.4 Å². The van der Waals surface area contributed by atoms with E-state index in [1.807, 2.05) is 6.92 Å². The summed E-state index contributed by atoms with van der Waals surface area (Å²) in [6.45, 7) is 2.22. The number of carbonyl (C=O) groups is 1. The summed E-state index contributed by atoms with van der Waals surface area (Å²) in [6, 6.07) is 5.05. The molecule has 0 saturated heterocycles. The number of amides is 1. The Labute approximate surface area is 110 Å². The van der Waals surface area contributed by atoms with E-state index in [9.17, 15) is 13.6 Å². The summed E-state index contributed by atoms with van der Waals surface area (Å²) in [4.78, 5) is 15.8. The number of hydrogen-bond acceptors (Lipinski definition) is 4. The molecule has 7 heteroatoms. The van der Waals surface area contributed by atoms with Crippen LogP contribution in [-0.4, -0.2) is 43.6 Å². The summed E-state index contributed by atoms with van der Waals surface area (Å²) in [7, 11) is 0. The van der Waals surface area contributed by atoms with Crippen LogP contribution in [0.25, 0.3) is 0 Å². The highest BCUT2D eigenvalue weighted by Gasteiger charge is 2.07. The molecule has 1 aromatic heterocycles. The van der Waals surface area contributed by atoms with Crippen LogP contribution in [0.5, 0.6) is 0 Å². The van der Waals surface area contributed by atoms with Gasteiger partial charge in [-0.2, -0.15) is 0 Å². The summed E-state index contributed by atoms with van der Waals surface area (Å²) in [5.74, 6) is 0.254. The zero-order valence-electron chi connectivity index (χ0n) is 10.7. The van der Waals surface area contributed by atoms with E-state index in [2.05, 4.69) is 20.4 Å². The molecule has 0 aromatic carbocycles. The van der Waals surface area contributed by atoms with Crippen molar-refractivity contribution < 1.29 is 18.3 Å². The highest BCUT2D eigenvalue weighted by molar-refractivity contribution is 5.92. The van der Waals surface area contributed by atoms with E-state index in [0.29, 0.717) is 12.4 Å². The van der Waals surface area contributed by atoms with E-state index in [1.54, 1.807) is 18.2 Å². The third-order valence-electron chi connectivity index (χ3n) is 2.12. The lowest BCUT2D eigenvalue weighted by Crippen LogP contribution is -2.28. The van der Waals surface area contributed by atoms with Gasteiger partial charge in [0.05, 0.1) is 6.61 Å². The summed E-state index contributed by atoms with van der Waals surface area (Å²) in [5.41, 5.74) is 0.271. The molecule has 0 saturated carbocycles. The van der Waals surface area contributed by atoms with Gasteiger partial charge in [-0.3, -0.25) is 4.79 Å². The van der Waals surface area contributed by atoms with Crippen molar-refractivity contribution >= 4 is 11.7 Å². The molecule has 1 heterocycles. The molecule has 19 heavy (non-hydrogen) atoms. The number of pyridine rings is 1. The van der Waals surface area contributed by atoms with Gasteiger partial charge in [0.15, 0.2) is 0 Å². The predicted octanol–water partition coefficient (Wildman–Crippen LogP) is 1.52. The van der Waals surface area contributed by atoms with Crippen LogP contribution < -0.4 is 10.6 Å². The molecule has 0 aliphatic heterocycles. The van der Waals surface area contributed by atoms with Crippen molar-refractivity contribution in [2.75, 3.05) is 31.6 Å². The number of hydrogen-bond donors (Lipinski definition) is 2. The second-order valence-electron chi connectivity index (χ2n) is 3.66. The van der Waals surface area contributed by atoms with Crippen LogP contribution in [-0.2, 0) is 4.74 Å². The Kier molecular flexibility index (Phi) is 6.73. The maximum atomic E-state index is 11.8. The van der Waals surface area contributed by atoms with Crippen molar-refractivity contribution in [2.45, 2.75) is 13.3 Å². The monoisotopic (exact) mass is 273 g/mol. The normalized spacial score (nSPS) is 10.5. The predicted molar refractivity (Wildman–Crippen MR) is 67.6 cm³/mol. The third kappa shape index (κ3) is 6.10. The average Bonchev–Trinajstić information content (AvgIpc) is 2.38. The molecule has 106 valence electrons. The van der Waals surface area contributed by atoms with Crippen molar-refractivity contribution in [3.05, 3.63) is 23.9 Å². The first-order chi connectivity index (χ1) is 9.13. The van der Waals surface area contributed by atoms with Gasteiger partial charge in [0, 0.05) is 13.1 Å². The lowest BCUT2D eigenvalue weighted by atomic mass is 10.3. The number of aromatic nitrogens is 1. The largest absolute Gasteiger partial charge is 0.374 e. The fourth-order valence-electron chi connectivity index (χ4n) is 1.34. The van der Waals surface area contributed by atoms with Gasteiger partial charge >= 0.3 is 0 Å². The molecular weight excluding hydrogens is 256 g/mol. The Morgan fingerprint density at radius 3 is 2.95 bits per heavy atom. The van der Waals surface area contributed by atoms with E-state index < -0.39 is 13.0 Å². The van der Waals surface area contributed by atoms with Gasteiger partial charge in [-0.05, 0) is 19.1 Å². The Morgan fingerprint density at radius 2 is 2.26 bits per heavy atom. The molecule has 0 unspecified atom stereocenters. The maximum Gasteiger partial charge on any atom is 0.270 e. The maximum absolute atomic E-state index is 11.8. The highest BCUT2D eigenvalue weighted by atomic mass is 19.3. The van der Waals surface area contributed by atoms with Crippen molar-refractivity contribution in [1.29, 1.82) is 0 Å². The number of nitrogens with one attached hydrogen (secondary N) is 2. The standard InChI is InChI=1S/C12H17F2N3O2/c1-2-15-11-5-3-4-9(17-11)12(18)16-6-7-19-8-10(13)14/h3-5,10H,2,6-8H2,1H3,(H,15,17)(H,16,18). The molecule has 1 aromatic rings. The Balaban J connectivity index is 2.34. The molecular formula is C12H17F2N3O2. The molecule has 0 atom stereocenters. The van der Waals surface area contributed by atoms with E-state index in [0.717, 1.165) is 0 Å². The van der Waals surface area contributed by atoms with Crippen LogP contribution in [0, 0.1) is 0 Å². The smallest absolute Gasteiger partial charge is 0.270 e. The Morgan fingerprint density at radius 1 is 1.47 bits per heavy atom. The van der Waals surface area contributed by atoms with Crippen molar-refractivity contribution in [3.8, 4) is 0 Å². The fourth-order valence-corrected chi connectivity index (χ4v) is 1.34. The van der Waals surface area contributed by atoms with Crippen LogP contribution in [0.4, 0.5) is 14.6 Å². The van der Waals surface area contributed by atoms with Gasteiger partial charge in [-0.1, -0.05) is 6.07 Å². The summed E-state index contributed by atoms with van der Waals surface area (Å²) in [6.07, 6.45) is -2.49. The van der Waals surface area contributed by atoms with Crippen LogP contribution in [0.15, 0.2) is 18.2 Å². The number of nitrogens with zero attached hydrogens (tertiary/aromatic N) is 1. The van der Waals surface area contributed by atoms with E-state index in [1.165, 1.54) is 0 Å². The molecule has 0 bridgehead atoms. The molecule has 0 aliphatic rings.